The quantitative estimate of drug-likeness (QED) is 0.426. The number of benzene rings is 2. The lowest BCUT2D eigenvalue weighted by atomic mass is 10.2. The summed E-state index contributed by atoms with van der Waals surface area (Å²) in [7, 11) is 0. The molecule has 0 atom stereocenters. The fourth-order valence-corrected chi connectivity index (χ4v) is 3.06. The highest BCUT2D eigenvalue weighted by molar-refractivity contribution is 6.06. The second-order valence-corrected chi connectivity index (χ2v) is 6.13. The maximum Gasteiger partial charge on any atom is 0.273 e. The van der Waals surface area contributed by atoms with Crippen LogP contribution in [-0.4, -0.2) is 19.6 Å². The number of pyridine rings is 1. The van der Waals surface area contributed by atoms with Gasteiger partial charge in [0.15, 0.2) is 11.6 Å². The molecule has 0 radical (unpaired) electrons. The Morgan fingerprint density at radius 2 is 2.00 bits per heavy atom. The van der Waals surface area contributed by atoms with Crippen molar-refractivity contribution in [3.05, 3.63) is 64.5 Å². The second kappa shape index (κ2) is 6.56. The van der Waals surface area contributed by atoms with E-state index in [1.807, 2.05) is 31.2 Å². The first-order valence-corrected chi connectivity index (χ1v) is 8.57. The average Bonchev–Trinajstić information content (AvgIpc) is 3.01. The molecule has 0 unspecified atom stereocenters. The molecule has 0 fully saturated rings. The van der Waals surface area contributed by atoms with E-state index in [1.54, 1.807) is 16.9 Å². The van der Waals surface area contributed by atoms with E-state index < -0.39 is 4.92 Å². The highest BCUT2D eigenvalue weighted by Gasteiger charge is 2.19. The first-order valence-electron chi connectivity index (χ1n) is 8.57. The van der Waals surface area contributed by atoms with Crippen LogP contribution >= 0.6 is 0 Å². The van der Waals surface area contributed by atoms with Crippen LogP contribution in [0, 0.1) is 10.1 Å². The zero-order chi connectivity index (χ0) is 19.0. The lowest BCUT2D eigenvalue weighted by Gasteiger charge is -2.11. The van der Waals surface area contributed by atoms with Gasteiger partial charge in [0.05, 0.1) is 16.5 Å². The van der Waals surface area contributed by atoms with Gasteiger partial charge in [-0.25, -0.2) is 9.97 Å². The number of aromatic nitrogens is 3. The van der Waals surface area contributed by atoms with Gasteiger partial charge in [0.2, 0.25) is 0 Å². The molecule has 136 valence electrons. The van der Waals surface area contributed by atoms with Crippen molar-refractivity contribution in [1.82, 2.24) is 14.7 Å². The number of hydrogen-bond donors (Lipinski definition) is 1. The Morgan fingerprint density at radius 3 is 2.78 bits per heavy atom. The molecule has 27 heavy (non-hydrogen) atoms. The summed E-state index contributed by atoms with van der Waals surface area (Å²) < 4.78 is 1.61. The van der Waals surface area contributed by atoms with Crippen molar-refractivity contribution in [3.63, 3.8) is 0 Å². The fourth-order valence-electron chi connectivity index (χ4n) is 3.06. The SMILES string of the molecule is CCCc1nc2c(N)nc3ccccc3c2n1Oc1cccc([N+](=O)[O-])c1. The largest absolute Gasteiger partial charge is 0.382 e. The molecule has 2 aromatic carbocycles. The monoisotopic (exact) mass is 363 g/mol. The van der Waals surface area contributed by atoms with Gasteiger partial charge in [-0.3, -0.25) is 10.1 Å². The van der Waals surface area contributed by atoms with Gasteiger partial charge in [0, 0.05) is 17.9 Å². The molecular formula is C19H17N5O3. The lowest BCUT2D eigenvalue weighted by molar-refractivity contribution is -0.385. The zero-order valence-corrected chi connectivity index (χ0v) is 14.6. The number of fused-ring (bicyclic) bond motifs is 3. The van der Waals surface area contributed by atoms with Gasteiger partial charge < -0.3 is 10.6 Å². The first kappa shape index (κ1) is 16.8. The highest BCUT2D eigenvalue weighted by Crippen LogP contribution is 2.30. The van der Waals surface area contributed by atoms with E-state index in [0.29, 0.717) is 34.8 Å². The summed E-state index contributed by atoms with van der Waals surface area (Å²) in [6.07, 6.45) is 1.52. The van der Waals surface area contributed by atoms with Crippen molar-refractivity contribution in [1.29, 1.82) is 0 Å². The maximum absolute atomic E-state index is 11.1. The van der Waals surface area contributed by atoms with Gasteiger partial charge in [-0.2, -0.15) is 4.73 Å². The van der Waals surface area contributed by atoms with Crippen LogP contribution in [0.25, 0.3) is 21.9 Å². The Kier molecular flexibility index (Phi) is 4.08. The van der Waals surface area contributed by atoms with Crippen molar-refractivity contribution in [2.45, 2.75) is 19.8 Å². The minimum absolute atomic E-state index is 0.0417. The van der Waals surface area contributed by atoms with Crippen LogP contribution in [-0.2, 0) is 6.42 Å². The highest BCUT2D eigenvalue weighted by atomic mass is 16.7. The third kappa shape index (κ3) is 2.91. The molecular weight excluding hydrogens is 346 g/mol. The summed E-state index contributed by atoms with van der Waals surface area (Å²) in [4.78, 5) is 25.7. The van der Waals surface area contributed by atoms with Gasteiger partial charge >= 0.3 is 0 Å². The summed E-state index contributed by atoms with van der Waals surface area (Å²) in [5.41, 5.74) is 8.08. The Hall–Kier alpha value is -3.68. The van der Waals surface area contributed by atoms with E-state index in [1.165, 1.54) is 12.1 Å². The average molecular weight is 363 g/mol. The van der Waals surface area contributed by atoms with Gasteiger partial charge in [-0.15, -0.1) is 0 Å². The Balaban J connectivity index is 1.96. The molecule has 4 aromatic rings. The van der Waals surface area contributed by atoms with Crippen LogP contribution in [0.5, 0.6) is 5.75 Å². The standard InChI is InChI=1S/C19H17N5O3/c1-2-6-16-22-17-18(14-9-3-4-10-15(14)21-19(17)20)23(16)27-13-8-5-7-12(11-13)24(25)26/h3-5,7-11H,2,6H2,1H3,(H2,20,21). The Bertz CT molecular complexity index is 1170. The molecule has 0 aliphatic heterocycles. The normalized spacial score (nSPS) is 11.1. The van der Waals surface area contributed by atoms with Gasteiger partial charge in [-0.1, -0.05) is 31.2 Å². The number of imidazole rings is 1. The van der Waals surface area contributed by atoms with Crippen molar-refractivity contribution in [2.24, 2.45) is 0 Å². The smallest absolute Gasteiger partial charge is 0.273 e. The van der Waals surface area contributed by atoms with E-state index in [4.69, 9.17) is 10.6 Å². The van der Waals surface area contributed by atoms with Crippen molar-refractivity contribution >= 4 is 33.4 Å². The Morgan fingerprint density at radius 1 is 1.19 bits per heavy atom. The number of hydrogen-bond acceptors (Lipinski definition) is 6. The number of nitrogen functional groups attached to an aromatic ring is 1. The summed E-state index contributed by atoms with van der Waals surface area (Å²) in [6.45, 7) is 2.04. The Labute approximate surface area is 154 Å². The number of para-hydroxylation sites is 1. The molecule has 4 rings (SSSR count). The topological polar surface area (TPSA) is 109 Å². The van der Waals surface area contributed by atoms with E-state index >= 15 is 0 Å². The van der Waals surface area contributed by atoms with Gasteiger partial charge in [0.25, 0.3) is 5.69 Å². The summed E-state index contributed by atoms with van der Waals surface area (Å²) in [5, 5.41) is 11.9. The minimum atomic E-state index is -0.455. The van der Waals surface area contributed by atoms with Crippen LogP contribution in [0.3, 0.4) is 0 Å². The molecule has 2 N–H and O–H groups in total. The predicted octanol–water partition coefficient (Wildman–Crippen LogP) is 3.87. The third-order valence-electron chi connectivity index (χ3n) is 4.24. The number of non-ortho nitro benzene ring substituents is 1. The fraction of sp³-hybridized carbons (Fsp3) is 0.158. The zero-order valence-electron chi connectivity index (χ0n) is 14.6. The molecule has 0 spiro atoms. The molecule has 0 bridgehead atoms. The molecule has 0 amide bonds. The summed E-state index contributed by atoms with van der Waals surface area (Å²) in [5.74, 6) is 1.35. The van der Waals surface area contributed by atoms with Crippen LogP contribution in [0.2, 0.25) is 0 Å². The molecule has 0 aliphatic carbocycles. The van der Waals surface area contributed by atoms with Gasteiger partial charge in [-0.05, 0) is 18.6 Å². The maximum atomic E-state index is 11.1. The minimum Gasteiger partial charge on any atom is -0.382 e. The van der Waals surface area contributed by atoms with Gasteiger partial charge in [0.1, 0.15) is 16.9 Å². The number of aryl methyl sites for hydroxylation is 1. The number of nitro groups is 1. The van der Waals surface area contributed by atoms with E-state index in [2.05, 4.69) is 9.97 Å². The molecule has 8 nitrogen and oxygen atoms in total. The third-order valence-corrected chi connectivity index (χ3v) is 4.24. The number of nitrogens with zero attached hydrogens (tertiary/aromatic N) is 4. The first-order chi connectivity index (χ1) is 13.1. The van der Waals surface area contributed by atoms with Crippen LogP contribution < -0.4 is 10.6 Å². The molecule has 2 aromatic heterocycles. The van der Waals surface area contributed by atoms with E-state index in [0.717, 1.165) is 17.3 Å². The van der Waals surface area contributed by atoms with E-state index in [-0.39, 0.29) is 5.69 Å². The molecule has 0 saturated carbocycles. The van der Waals surface area contributed by atoms with Crippen molar-refractivity contribution in [2.75, 3.05) is 5.73 Å². The van der Waals surface area contributed by atoms with Crippen LogP contribution in [0.1, 0.15) is 19.2 Å². The lowest BCUT2D eigenvalue weighted by Crippen LogP contribution is -2.10. The van der Waals surface area contributed by atoms with Crippen molar-refractivity contribution in [3.8, 4) is 5.75 Å². The van der Waals surface area contributed by atoms with E-state index in [9.17, 15) is 10.1 Å². The van der Waals surface area contributed by atoms with Crippen LogP contribution in [0.4, 0.5) is 11.5 Å². The predicted molar refractivity (Wildman–Crippen MR) is 103 cm³/mol. The molecule has 2 heterocycles. The molecule has 0 aliphatic rings. The second-order valence-electron chi connectivity index (χ2n) is 6.13. The number of rotatable bonds is 5. The molecule has 8 heteroatoms. The number of nitro benzene ring substituents is 1. The summed E-state index contributed by atoms with van der Waals surface area (Å²) in [6, 6.07) is 13.6. The summed E-state index contributed by atoms with van der Waals surface area (Å²) >= 11 is 0. The number of anilines is 1. The number of nitrogens with two attached hydrogens (primary N) is 1. The van der Waals surface area contributed by atoms with Crippen LogP contribution in [0.15, 0.2) is 48.5 Å². The molecule has 0 saturated heterocycles. The van der Waals surface area contributed by atoms with Crippen molar-refractivity contribution < 1.29 is 9.76 Å².